The minimum absolute atomic E-state index is 0.234. The summed E-state index contributed by atoms with van der Waals surface area (Å²) in [5.74, 6) is -2.48. The molecule has 0 heterocycles. The van der Waals surface area contributed by atoms with Gasteiger partial charge in [0.1, 0.15) is 17.7 Å². The lowest BCUT2D eigenvalue weighted by Crippen LogP contribution is -2.38. The molecule has 0 aliphatic heterocycles. The first-order valence-electron chi connectivity index (χ1n) is 7.97. The maximum Gasteiger partial charge on any atom is 0.338 e. The molecule has 0 saturated heterocycles. The van der Waals surface area contributed by atoms with Crippen molar-refractivity contribution in [2.75, 3.05) is 11.9 Å². The van der Waals surface area contributed by atoms with Gasteiger partial charge >= 0.3 is 11.9 Å². The molecule has 3 N–H and O–H groups in total. The Morgan fingerprint density at radius 1 is 1.27 bits per heavy atom. The van der Waals surface area contributed by atoms with E-state index in [2.05, 4.69) is 10.6 Å². The third-order valence-electron chi connectivity index (χ3n) is 3.36. The van der Waals surface area contributed by atoms with Crippen LogP contribution in [0.4, 0.5) is 5.69 Å². The van der Waals surface area contributed by atoms with Crippen molar-refractivity contribution >= 4 is 23.5 Å². The summed E-state index contributed by atoms with van der Waals surface area (Å²) in [5, 5.41) is 23.3. The van der Waals surface area contributed by atoms with Gasteiger partial charge in [-0.3, -0.25) is 4.79 Å². The first-order chi connectivity index (χ1) is 12.3. The Kier molecular flexibility index (Phi) is 7.83. The number of benzene rings is 1. The fourth-order valence-electron chi connectivity index (χ4n) is 1.97. The largest absolute Gasteiger partial charge is 0.480 e. The van der Waals surface area contributed by atoms with Gasteiger partial charge in [-0.15, -0.1) is 0 Å². The Hall–Kier alpha value is -3.34. The molecule has 1 aromatic rings. The minimum Gasteiger partial charge on any atom is -0.480 e. The van der Waals surface area contributed by atoms with E-state index in [4.69, 9.17) is 15.1 Å². The van der Waals surface area contributed by atoms with Crippen molar-refractivity contribution in [3.63, 3.8) is 0 Å². The zero-order valence-electron chi connectivity index (χ0n) is 14.8. The van der Waals surface area contributed by atoms with Gasteiger partial charge in [0, 0.05) is 11.9 Å². The molecule has 0 saturated carbocycles. The van der Waals surface area contributed by atoms with Crippen LogP contribution in [0.25, 0.3) is 0 Å². The molecule has 1 rings (SSSR count). The minimum atomic E-state index is -1.08. The van der Waals surface area contributed by atoms with Crippen molar-refractivity contribution in [1.82, 2.24) is 5.32 Å². The van der Waals surface area contributed by atoms with Crippen LogP contribution >= 0.6 is 0 Å². The van der Waals surface area contributed by atoms with Gasteiger partial charge in [-0.2, -0.15) is 5.26 Å². The number of aliphatic carboxylic acids is 1. The summed E-state index contributed by atoms with van der Waals surface area (Å²) < 4.78 is 4.86. The monoisotopic (exact) mass is 359 g/mol. The maximum absolute atomic E-state index is 12.1. The number of carboxylic acids is 1. The number of amides is 1. The van der Waals surface area contributed by atoms with Crippen molar-refractivity contribution in [3.8, 4) is 6.07 Å². The molecule has 26 heavy (non-hydrogen) atoms. The molecule has 0 spiro atoms. The summed E-state index contributed by atoms with van der Waals surface area (Å²) in [6.07, 6.45) is 1.08. The third kappa shape index (κ3) is 5.94. The van der Waals surface area contributed by atoms with Crippen LogP contribution in [0.3, 0.4) is 0 Å². The topological polar surface area (TPSA) is 129 Å². The van der Waals surface area contributed by atoms with Gasteiger partial charge in [0.15, 0.2) is 0 Å². The number of carbonyl (C=O) groups excluding carboxylic acids is 2. The quantitative estimate of drug-likeness (QED) is 0.367. The molecule has 1 atom stereocenters. The van der Waals surface area contributed by atoms with Crippen LogP contribution in [0.1, 0.15) is 31.1 Å². The predicted octanol–water partition coefficient (Wildman–Crippen LogP) is 1.91. The van der Waals surface area contributed by atoms with Crippen LogP contribution in [0, 0.1) is 17.2 Å². The van der Waals surface area contributed by atoms with Crippen molar-refractivity contribution in [1.29, 1.82) is 5.26 Å². The second-order valence-corrected chi connectivity index (χ2v) is 5.65. The predicted molar refractivity (Wildman–Crippen MR) is 94.1 cm³/mol. The molecular formula is C18H21N3O5. The molecular weight excluding hydrogens is 338 g/mol. The summed E-state index contributed by atoms with van der Waals surface area (Å²) in [6, 6.07) is 6.78. The molecule has 0 aliphatic rings. The van der Waals surface area contributed by atoms with E-state index in [0.29, 0.717) is 11.3 Å². The lowest BCUT2D eigenvalue weighted by atomic mass is 10.1. The van der Waals surface area contributed by atoms with Crippen LogP contribution in [-0.2, 0) is 14.3 Å². The molecule has 8 heteroatoms. The van der Waals surface area contributed by atoms with E-state index in [1.165, 1.54) is 24.3 Å². The van der Waals surface area contributed by atoms with Gasteiger partial charge in [-0.1, -0.05) is 13.8 Å². The Morgan fingerprint density at radius 3 is 2.35 bits per heavy atom. The second-order valence-electron chi connectivity index (χ2n) is 5.65. The SMILES string of the molecule is CCOC(=O)c1ccc(NC(=O)/C(C#N)=C\NC(C(=O)O)C(C)C)cc1. The smallest absolute Gasteiger partial charge is 0.338 e. The highest BCUT2D eigenvalue weighted by Crippen LogP contribution is 2.12. The van der Waals surface area contributed by atoms with E-state index < -0.39 is 23.9 Å². The van der Waals surface area contributed by atoms with E-state index in [1.54, 1.807) is 26.8 Å². The molecule has 138 valence electrons. The average Bonchev–Trinajstić information content (AvgIpc) is 2.58. The number of carboxylic acid groups (broad SMARTS) is 1. The molecule has 0 aliphatic carbocycles. The molecule has 0 aromatic heterocycles. The Balaban J connectivity index is 2.81. The number of carbonyl (C=O) groups is 3. The number of nitrogens with one attached hydrogen (secondary N) is 2. The van der Waals surface area contributed by atoms with Crippen molar-refractivity contribution < 1.29 is 24.2 Å². The van der Waals surface area contributed by atoms with E-state index in [9.17, 15) is 14.4 Å². The number of nitriles is 1. The molecule has 8 nitrogen and oxygen atoms in total. The van der Waals surface area contributed by atoms with Crippen LogP contribution in [-0.4, -0.2) is 35.6 Å². The fourth-order valence-corrected chi connectivity index (χ4v) is 1.97. The third-order valence-corrected chi connectivity index (χ3v) is 3.36. The summed E-state index contributed by atoms with van der Waals surface area (Å²) >= 11 is 0. The maximum atomic E-state index is 12.1. The first-order valence-corrected chi connectivity index (χ1v) is 7.97. The summed E-state index contributed by atoms with van der Waals surface area (Å²) in [6.45, 7) is 5.37. The Morgan fingerprint density at radius 2 is 1.88 bits per heavy atom. The highest BCUT2D eigenvalue weighted by atomic mass is 16.5. The van der Waals surface area contributed by atoms with Crippen LogP contribution in [0.15, 0.2) is 36.0 Å². The van der Waals surface area contributed by atoms with Gasteiger partial charge in [-0.25, -0.2) is 9.59 Å². The zero-order chi connectivity index (χ0) is 19.7. The second kappa shape index (κ2) is 9.84. The summed E-state index contributed by atoms with van der Waals surface area (Å²) in [4.78, 5) is 34.8. The number of hydrogen-bond donors (Lipinski definition) is 3. The molecule has 0 bridgehead atoms. The fraction of sp³-hybridized carbons (Fsp3) is 0.333. The number of nitrogens with zero attached hydrogens (tertiary/aromatic N) is 1. The van der Waals surface area contributed by atoms with E-state index in [-0.39, 0.29) is 18.1 Å². The number of anilines is 1. The highest BCUT2D eigenvalue weighted by Gasteiger charge is 2.20. The first kappa shape index (κ1) is 20.7. The average molecular weight is 359 g/mol. The van der Waals surface area contributed by atoms with Crippen LogP contribution in [0.2, 0.25) is 0 Å². The van der Waals surface area contributed by atoms with Gasteiger partial charge in [0.25, 0.3) is 5.91 Å². The van der Waals surface area contributed by atoms with E-state index >= 15 is 0 Å². The van der Waals surface area contributed by atoms with Gasteiger partial charge in [0.05, 0.1) is 12.2 Å². The molecule has 1 unspecified atom stereocenters. The number of rotatable bonds is 8. The van der Waals surface area contributed by atoms with Crippen LogP contribution < -0.4 is 10.6 Å². The molecule has 0 radical (unpaired) electrons. The van der Waals surface area contributed by atoms with Gasteiger partial charge in [0.2, 0.25) is 0 Å². The number of hydrogen-bond acceptors (Lipinski definition) is 6. The Labute approximate surface area is 151 Å². The van der Waals surface area contributed by atoms with Gasteiger partial charge < -0.3 is 20.5 Å². The van der Waals surface area contributed by atoms with Crippen molar-refractivity contribution in [2.24, 2.45) is 5.92 Å². The van der Waals surface area contributed by atoms with Crippen LogP contribution in [0.5, 0.6) is 0 Å². The van der Waals surface area contributed by atoms with Crippen molar-refractivity contribution in [3.05, 3.63) is 41.6 Å². The lowest BCUT2D eigenvalue weighted by molar-refractivity contribution is -0.140. The van der Waals surface area contributed by atoms with E-state index in [0.717, 1.165) is 6.20 Å². The Bertz CT molecular complexity index is 732. The number of ether oxygens (including phenoxy) is 1. The zero-order valence-corrected chi connectivity index (χ0v) is 14.8. The molecule has 1 amide bonds. The lowest BCUT2D eigenvalue weighted by Gasteiger charge is -2.16. The highest BCUT2D eigenvalue weighted by molar-refractivity contribution is 6.06. The standard InChI is InChI=1S/C18H21N3O5/c1-4-26-18(25)12-5-7-14(8-6-12)21-16(22)13(9-19)10-20-15(11(2)3)17(23)24/h5-8,10-11,15,20H,4H2,1-3H3,(H,21,22)(H,23,24)/b13-10-. The summed E-state index contributed by atoms with van der Waals surface area (Å²) in [5.41, 5.74) is 0.443. The van der Waals surface area contributed by atoms with E-state index in [1.807, 2.05) is 0 Å². The number of esters is 1. The van der Waals surface area contributed by atoms with Gasteiger partial charge in [-0.05, 0) is 37.1 Å². The molecule has 1 aromatic carbocycles. The summed E-state index contributed by atoms with van der Waals surface area (Å²) in [7, 11) is 0. The normalized spacial score (nSPS) is 12.0. The van der Waals surface area contributed by atoms with Crippen molar-refractivity contribution in [2.45, 2.75) is 26.8 Å². The molecule has 0 fully saturated rings.